The number of nitrogens with zero attached hydrogens (tertiary/aromatic N) is 3. The van der Waals surface area contributed by atoms with Crippen molar-refractivity contribution in [3.63, 3.8) is 0 Å². The predicted octanol–water partition coefficient (Wildman–Crippen LogP) is 3.22. The van der Waals surface area contributed by atoms with Gasteiger partial charge < -0.3 is 11.5 Å². The summed E-state index contributed by atoms with van der Waals surface area (Å²) in [6.45, 7) is 11.7. The Balaban J connectivity index is 2.28. The number of aliphatic imine (C=N–C) groups is 1. The summed E-state index contributed by atoms with van der Waals surface area (Å²) in [6.07, 6.45) is 2.23. The number of allylic oxidation sites excluding steroid dienone is 1. The zero-order chi connectivity index (χ0) is 21.8. The molecular formula is C23H24N6O. The van der Waals surface area contributed by atoms with Crippen molar-refractivity contribution in [2.75, 3.05) is 7.05 Å². The van der Waals surface area contributed by atoms with Gasteiger partial charge in [0.05, 0.1) is 23.4 Å². The third-order valence-electron chi connectivity index (χ3n) is 5.18. The summed E-state index contributed by atoms with van der Waals surface area (Å²) >= 11 is 0. The second-order valence-corrected chi connectivity index (χ2v) is 6.85. The van der Waals surface area contributed by atoms with Crippen molar-refractivity contribution in [3.05, 3.63) is 86.3 Å². The zero-order valence-corrected chi connectivity index (χ0v) is 17.3. The number of aromatic amines is 1. The molecule has 0 spiro atoms. The average molecular weight is 400 g/mol. The highest BCUT2D eigenvalue weighted by molar-refractivity contribution is 6.33. The molecule has 3 rings (SSSR count). The Hall–Kier alpha value is -3.76. The van der Waals surface area contributed by atoms with Crippen molar-refractivity contribution in [3.8, 4) is 0 Å². The highest BCUT2D eigenvalue weighted by Crippen LogP contribution is 2.32. The standard InChI is InChI=1S/C23H24N6O/c1-5-14-7-6-8-16(21(14)26-3)22(27-4)18(11-24)15-9-13(2)20-17(10-15)19(12-25)28-29-23(20)30/h6-11H,5,12,24-25H2,1-2,4H3,(H,29,30)/b18-11-,27-22?. The molecule has 0 aliphatic carbocycles. The van der Waals surface area contributed by atoms with Crippen LogP contribution in [-0.4, -0.2) is 23.0 Å². The number of hydrogen-bond donors (Lipinski definition) is 3. The molecule has 0 saturated heterocycles. The quantitative estimate of drug-likeness (QED) is 0.450. The summed E-state index contributed by atoms with van der Waals surface area (Å²) in [5.74, 6) is 0. The molecule has 0 atom stereocenters. The molecule has 2 aromatic carbocycles. The van der Waals surface area contributed by atoms with E-state index in [0.29, 0.717) is 33.4 Å². The first-order chi connectivity index (χ1) is 14.5. The van der Waals surface area contributed by atoms with Crippen molar-refractivity contribution in [2.24, 2.45) is 16.5 Å². The molecule has 30 heavy (non-hydrogen) atoms. The van der Waals surface area contributed by atoms with E-state index in [2.05, 4.69) is 20.0 Å². The van der Waals surface area contributed by atoms with E-state index < -0.39 is 0 Å². The molecule has 3 aromatic rings. The lowest BCUT2D eigenvalue weighted by Crippen LogP contribution is -2.15. The maximum absolute atomic E-state index is 12.3. The largest absolute Gasteiger partial charge is 0.404 e. The molecule has 0 unspecified atom stereocenters. The lowest BCUT2D eigenvalue weighted by Gasteiger charge is -2.16. The topological polar surface area (TPSA) is 115 Å². The molecule has 0 radical (unpaired) electrons. The van der Waals surface area contributed by atoms with E-state index in [0.717, 1.165) is 28.7 Å². The van der Waals surface area contributed by atoms with Gasteiger partial charge in [-0.3, -0.25) is 9.79 Å². The van der Waals surface area contributed by atoms with Gasteiger partial charge in [-0.05, 0) is 36.1 Å². The van der Waals surface area contributed by atoms with E-state index in [1.54, 1.807) is 7.05 Å². The Kier molecular flexibility index (Phi) is 6.09. The summed E-state index contributed by atoms with van der Waals surface area (Å²) in [5, 5.41) is 7.82. The number of nitrogens with two attached hydrogens (primary N) is 2. The maximum atomic E-state index is 12.3. The van der Waals surface area contributed by atoms with Gasteiger partial charge in [-0.1, -0.05) is 31.2 Å². The first-order valence-corrected chi connectivity index (χ1v) is 9.61. The van der Waals surface area contributed by atoms with Crippen LogP contribution < -0.4 is 17.0 Å². The fraction of sp³-hybridized carbons (Fsp3) is 0.217. The van der Waals surface area contributed by atoms with Crippen molar-refractivity contribution in [1.82, 2.24) is 10.2 Å². The molecule has 0 bridgehead atoms. The minimum absolute atomic E-state index is 0.187. The molecule has 5 N–H and O–H groups in total. The molecule has 0 aliphatic rings. The van der Waals surface area contributed by atoms with Crippen LogP contribution in [-0.2, 0) is 13.0 Å². The van der Waals surface area contributed by atoms with Crippen molar-refractivity contribution in [2.45, 2.75) is 26.8 Å². The first-order valence-electron chi connectivity index (χ1n) is 9.61. The molecule has 1 heterocycles. The first kappa shape index (κ1) is 21.0. The van der Waals surface area contributed by atoms with Crippen molar-refractivity contribution < 1.29 is 0 Å². The highest BCUT2D eigenvalue weighted by Gasteiger charge is 2.19. The van der Waals surface area contributed by atoms with Gasteiger partial charge in [0.2, 0.25) is 0 Å². The molecule has 1 aromatic heterocycles. The molecule has 7 heteroatoms. The van der Waals surface area contributed by atoms with Gasteiger partial charge in [0.1, 0.15) is 0 Å². The maximum Gasteiger partial charge on any atom is 0.272 e. The molecule has 0 aliphatic heterocycles. The number of hydrogen-bond acceptors (Lipinski definition) is 5. The number of benzene rings is 2. The van der Waals surface area contributed by atoms with Crippen LogP contribution in [0.2, 0.25) is 0 Å². The third-order valence-corrected chi connectivity index (χ3v) is 5.18. The van der Waals surface area contributed by atoms with Gasteiger partial charge in [-0.15, -0.1) is 0 Å². The van der Waals surface area contributed by atoms with Crippen LogP contribution in [0, 0.1) is 13.5 Å². The van der Waals surface area contributed by atoms with Crippen LogP contribution in [0.15, 0.2) is 46.3 Å². The summed E-state index contributed by atoms with van der Waals surface area (Å²) in [4.78, 5) is 20.6. The second kappa shape index (κ2) is 8.72. The monoisotopic (exact) mass is 400 g/mol. The highest BCUT2D eigenvalue weighted by atomic mass is 16.1. The fourth-order valence-corrected chi connectivity index (χ4v) is 3.76. The summed E-state index contributed by atoms with van der Waals surface area (Å²) in [7, 11) is 1.68. The minimum Gasteiger partial charge on any atom is -0.404 e. The lowest BCUT2D eigenvalue weighted by molar-refractivity contribution is 0.899. The van der Waals surface area contributed by atoms with E-state index in [4.69, 9.17) is 18.0 Å². The zero-order valence-electron chi connectivity index (χ0n) is 17.3. The number of fused-ring (bicyclic) bond motifs is 1. The number of nitrogens with one attached hydrogen (secondary N) is 1. The summed E-state index contributed by atoms with van der Waals surface area (Å²) < 4.78 is 0. The van der Waals surface area contributed by atoms with Crippen LogP contribution in [0.4, 0.5) is 5.69 Å². The Morgan fingerprint density at radius 3 is 2.73 bits per heavy atom. The van der Waals surface area contributed by atoms with Gasteiger partial charge in [-0.2, -0.15) is 5.10 Å². The number of H-pyrrole nitrogens is 1. The predicted molar refractivity (Wildman–Crippen MR) is 122 cm³/mol. The average Bonchev–Trinajstić information content (AvgIpc) is 2.76. The normalized spacial score (nSPS) is 12.2. The van der Waals surface area contributed by atoms with Gasteiger partial charge in [0.25, 0.3) is 5.56 Å². The van der Waals surface area contributed by atoms with Gasteiger partial charge in [0, 0.05) is 36.3 Å². The Morgan fingerprint density at radius 1 is 1.37 bits per heavy atom. The fourth-order valence-electron chi connectivity index (χ4n) is 3.76. The van der Waals surface area contributed by atoms with Crippen LogP contribution in [0.5, 0.6) is 0 Å². The Bertz CT molecular complexity index is 1280. The molecule has 152 valence electrons. The molecule has 7 nitrogen and oxygen atoms in total. The van der Waals surface area contributed by atoms with Crippen LogP contribution in [0.25, 0.3) is 21.2 Å². The molecule has 0 fully saturated rings. The number of para-hydroxylation sites is 1. The number of rotatable bonds is 5. The summed E-state index contributed by atoms with van der Waals surface area (Å²) in [5.41, 5.74) is 17.3. The van der Waals surface area contributed by atoms with Crippen molar-refractivity contribution in [1.29, 1.82) is 0 Å². The van der Waals surface area contributed by atoms with Gasteiger partial charge >= 0.3 is 0 Å². The Morgan fingerprint density at radius 2 is 2.13 bits per heavy atom. The Labute approximate surface area is 175 Å². The van der Waals surface area contributed by atoms with Crippen LogP contribution in [0.3, 0.4) is 0 Å². The van der Waals surface area contributed by atoms with E-state index in [1.807, 2.05) is 44.2 Å². The van der Waals surface area contributed by atoms with E-state index in [9.17, 15) is 4.79 Å². The molecular weight excluding hydrogens is 376 g/mol. The van der Waals surface area contributed by atoms with E-state index in [-0.39, 0.29) is 12.1 Å². The second-order valence-electron chi connectivity index (χ2n) is 6.85. The lowest BCUT2D eigenvalue weighted by atomic mass is 9.91. The van der Waals surface area contributed by atoms with E-state index >= 15 is 0 Å². The minimum atomic E-state index is -0.264. The molecule has 0 amide bonds. The third kappa shape index (κ3) is 3.49. The number of aromatic nitrogens is 2. The van der Waals surface area contributed by atoms with E-state index in [1.165, 1.54) is 6.20 Å². The smallest absolute Gasteiger partial charge is 0.272 e. The number of aryl methyl sites for hydroxylation is 2. The van der Waals surface area contributed by atoms with Gasteiger partial charge in [0.15, 0.2) is 5.69 Å². The van der Waals surface area contributed by atoms with Gasteiger partial charge in [-0.25, -0.2) is 9.94 Å². The molecule has 0 saturated carbocycles. The summed E-state index contributed by atoms with van der Waals surface area (Å²) in [6, 6.07) is 9.50. The van der Waals surface area contributed by atoms with Crippen molar-refractivity contribution >= 4 is 27.7 Å². The van der Waals surface area contributed by atoms with Crippen LogP contribution in [0.1, 0.15) is 34.9 Å². The van der Waals surface area contributed by atoms with Crippen LogP contribution >= 0.6 is 0 Å². The SMILES string of the molecule is [C-]#[N+]c1c(CC)cccc1C(=NC)/C(=C\N)c1cc(C)c2c(=O)[nH]nc(CN)c2c1.